The molecule has 2 aromatic carbocycles. The fraction of sp³-hybridized carbons (Fsp3) is 0.424. The normalized spacial score (nSPS) is 16.1. The monoisotopic (exact) mass is 570 g/mol. The van der Waals surface area contributed by atoms with Crippen LogP contribution in [0.4, 0.5) is 5.82 Å². The Morgan fingerprint density at radius 1 is 0.952 bits per heavy atom. The minimum Gasteiger partial charge on any atom is -0.485 e. The van der Waals surface area contributed by atoms with Crippen molar-refractivity contribution in [3.8, 4) is 16.9 Å². The van der Waals surface area contributed by atoms with E-state index in [0.29, 0.717) is 41.9 Å². The van der Waals surface area contributed by atoms with Crippen LogP contribution in [0.5, 0.6) is 5.75 Å². The molecule has 222 valence electrons. The van der Waals surface area contributed by atoms with Crippen molar-refractivity contribution in [2.75, 3.05) is 59.1 Å². The smallest absolute Gasteiger partial charge is 0.253 e. The molecular formula is C33H42N6O3. The number of ether oxygens (including phenoxy) is 1. The number of carbonyl (C=O) groups excluding carboxylic acids is 2. The first-order valence-corrected chi connectivity index (χ1v) is 14.9. The van der Waals surface area contributed by atoms with Crippen molar-refractivity contribution in [1.82, 2.24) is 25.0 Å². The zero-order valence-electron chi connectivity index (χ0n) is 24.7. The molecule has 5 rings (SSSR count). The molecule has 2 amide bonds. The van der Waals surface area contributed by atoms with E-state index in [1.807, 2.05) is 66.4 Å². The lowest BCUT2D eigenvalue weighted by molar-refractivity contribution is 0.0644. The van der Waals surface area contributed by atoms with E-state index < -0.39 is 0 Å². The van der Waals surface area contributed by atoms with Crippen molar-refractivity contribution < 1.29 is 14.3 Å². The Kier molecular flexibility index (Phi) is 9.71. The van der Waals surface area contributed by atoms with Gasteiger partial charge in [0.25, 0.3) is 11.8 Å². The van der Waals surface area contributed by atoms with E-state index in [2.05, 4.69) is 15.2 Å². The fourth-order valence-electron chi connectivity index (χ4n) is 5.67. The van der Waals surface area contributed by atoms with Crippen molar-refractivity contribution in [1.29, 1.82) is 0 Å². The molecule has 2 fully saturated rings. The van der Waals surface area contributed by atoms with Crippen LogP contribution >= 0.6 is 0 Å². The van der Waals surface area contributed by atoms with Gasteiger partial charge >= 0.3 is 0 Å². The summed E-state index contributed by atoms with van der Waals surface area (Å²) in [6.07, 6.45) is 6.43. The van der Waals surface area contributed by atoms with Crippen molar-refractivity contribution in [2.45, 2.75) is 38.3 Å². The van der Waals surface area contributed by atoms with Gasteiger partial charge in [0.2, 0.25) is 0 Å². The van der Waals surface area contributed by atoms with Crippen LogP contribution in [-0.2, 0) is 6.61 Å². The molecule has 0 unspecified atom stereocenters. The molecule has 0 atom stereocenters. The number of nitrogens with zero attached hydrogens (tertiary/aromatic N) is 4. The van der Waals surface area contributed by atoms with E-state index in [4.69, 9.17) is 10.5 Å². The molecule has 1 aromatic heterocycles. The number of pyridine rings is 1. The lowest BCUT2D eigenvalue weighted by Crippen LogP contribution is -2.45. The Labute approximate surface area is 248 Å². The van der Waals surface area contributed by atoms with Crippen LogP contribution in [0.3, 0.4) is 0 Å². The number of piperidine rings is 1. The number of benzene rings is 2. The lowest BCUT2D eigenvalue weighted by atomic mass is 10.0. The number of hydrogen-bond acceptors (Lipinski definition) is 7. The maximum absolute atomic E-state index is 13.2. The van der Waals surface area contributed by atoms with Crippen LogP contribution in [0.2, 0.25) is 0 Å². The zero-order valence-corrected chi connectivity index (χ0v) is 24.7. The molecule has 9 heteroatoms. The van der Waals surface area contributed by atoms with Crippen molar-refractivity contribution in [2.24, 2.45) is 0 Å². The van der Waals surface area contributed by atoms with Gasteiger partial charge in [-0.1, -0.05) is 24.3 Å². The first-order valence-electron chi connectivity index (χ1n) is 14.9. The van der Waals surface area contributed by atoms with E-state index in [1.165, 1.54) is 25.9 Å². The molecule has 42 heavy (non-hydrogen) atoms. The Morgan fingerprint density at radius 2 is 1.62 bits per heavy atom. The average Bonchev–Trinajstić information content (AvgIpc) is 3.56. The highest BCUT2D eigenvalue weighted by Gasteiger charge is 2.28. The highest BCUT2D eigenvalue weighted by molar-refractivity contribution is 5.95. The van der Waals surface area contributed by atoms with E-state index >= 15 is 0 Å². The quantitative estimate of drug-likeness (QED) is 0.381. The number of nitrogens with one attached hydrogen (secondary N) is 1. The van der Waals surface area contributed by atoms with Crippen LogP contribution < -0.4 is 15.8 Å². The first-order chi connectivity index (χ1) is 20.4. The summed E-state index contributed by atoms with van der Waals surface area (Å²) in [7, 11) is 3.94. The average molecular weight is 571 g/mol. The zero-order chi connectivity index (χ0) is 29.5. The molecule has 0 radical (unpaired) electrons. The molecule has 2 aliphatic rings. The van der Waals surface area contributed by atoms with Crippen LogP contribution in [0.25, 0.3) is 11.1 Å². The number of nitrogens with two attached hydrogens (primary N) is 1. The molecule has 9 nitrogen and oxygen atoms in total. The van der Waals surface area contributed by atoms with Gasteiger partial charge in [-0.15, -0.1) is 0 Å². The molecule has 3 heterocycles. The number of aromatic nitrogens is 1. The van der Waals surface area contributed by atoms with Crippen LogP contribution in [0, 0.1) is 0 Å². The van der Waals surface area contributed by atoms with Crippen LogP contribution in [0.15, 0.2) is 60.8 Å². The second-order valence-corrected chi connectivity index (χ2v) is 11.5. The molecule has 0 spiro atoms. The predicted molar refractivity (Wildman–Crippen MR) is 165 cm³/mol. The summed E-state index contributed by atoms with van der Waals surface area (Å²) in [4.78, 5) is 36.4. The van der Waals surface area contributed by atoms with Gasteiger partial charge < -0.3 is 30.5 Å². The highest BCUT2D eigenvalue weighted by atomic mass is 16.5. The maximum Gasteiger partial charge on any atom is 0.253 e. The Bertz CT molecular complexity index is 1350. The summed E-state index contributed by atoms with van der Waals surface area (Å²) >= 11 is 0. The van der Waals surface area contributed by atoms with E-state index in [-0.39, 0.29) is 11.8 Å². The second kappa shape index (κ2) is 13.8. The number of nitrogen functional groups attached to an aromatic ring is 1. The second-order valence-electron chi connectivity index (χ2n) is 11.5. The molecule has 0 aliphatic carbocycles. The maximum atomic E-state index is 13.2. The van der Waals surface area contributed by atoms with Gasteiger partial charge in [-0.05, 0) is 94.3 Å². The van der Waals surface area contributed by atoms with Crippen molar-refractivity contribution in [3.05, 3.63) is 77.5 Å². The molecule has 3 aromatic rings. The van der Waals surface area contributed by atoms with Gasteiger partial charge in [0.15, 0.2) is 11.6 Å². The largest absolute Gasteiger partial charge is 0.485 e. The fourth-order valence-corrected chi connectivity index (χ4v) is 5.67. The Hall–Kier alpha value is -3.95. The molecule has 0 bridgehead atoms. The van der Waals surface area contributed by atoms with E-state index in [9.17, 15) is 9.59 Å². The summed E-state index contributed by atoms with van der Waals surface area (Å²) in [5, 5.41) is 2.91. The number of anilines is 1. The predicted octanol–water partition coefficient (Wildman–Crippen LogP) is 3.90. The summed E-state index contributed by atoms with van der Waals surface area (Å²) in [6.45, 7) is 5.71. The van der Waals surface area contributed by atoms with Gasteiger partial charge in [-0.25, -0.2) is 4.98 Å². The summed E-state index contributed by atoms with van der Waals surface area (Å²) in [6, 6.07) is 17.5. The molecule has 0 saturated carbocycles. The number of likely N-dealkylation sites (tertiary alicyclic amines) is 2. The van der Waals surface area contributed by atoms with Gasteiger partial charge in [0.05, 0.1) is 0 Å². The third-order valence-electron chi connectivity index (χ3n) is 8.21. The minimum atomic E-state index is -0.0970. The molecule has 2 saturated heterocycles. The van der Waals surface area contributed by atoms with Gasteiger partial charge in [0.1, 0.15) is 6.61 Å². The summed E-state index contributed by atoms with van der Waals surface area (Å²) < 4.78 is 6.01. The molecular weight excluding hydrogens is 528 g/mol. The van der Waals surface area contributed by atoms with E-state index in [0.717, 1.165) is 49.2 Å². The lowest BCUT2D eigenvalue weighted by Gasteiger charge is -2.36. The summed E-state index contributed by atoms with van der Waals surface area (Å²) in [5.74, 6) is 0.789. The molecule has 3 N–H and O–H groups in total. The SMILES string of the molecule is CN(C)CCNC(=O)c1ccc(COc2cc(-c3ccc(C(=O)N4CCC(N5CCCC5)CC4)cc3)cnc2N)cc1. The number of rotatable bonds is 10. The Balaban J connectivity index is 1.15. The van der Waals surface area contributed by atoms with Gasteiger partial charge in [-0.3, -0.25) is 9.59 Å². The number of hydrogen-bond donors (Lipinski definition) is 2. The highest BCUT2D eigenvalue weighted by Crippen LogP contribution is 2.29. The summed E-state index contributed by atoms with van der Waals surface area (Å²) in [5.41, 5.74) is 10.1. The number of likely N-dealkylation sites (N-methyl/N-ethyl adjacent to an activating group) is 1. The molecule has 2 aliphatic heterocycles. The third-order valence-corrected chi connectivity index (χ3v) is 8.21. The number of amides is 2. The Morgan fingerprint density at radius 3 is 2.29 bits per heavy atom. The third kappa shape index (κ3) is 7.46. The minimum absolute atomic E-state index is 0.0953. The number of carbonyl (C=O) groups is 2. The van der Waals surface area contributed by atoms with Crippen molar-refractivity contribution >= 4 is 17.6 Å². The standard InChI is InChI=1S/C33H42N6O3/c1-37(2)20-15-35-32(40)26-7-5-24(6-8-26)23-42-30-21-28(22-36-31(30)34)25-9-11-27(12-10-25)33(41)39-18-13-29(14-19-39)38-16-3-4-17-38/h5-12,21-22,29H,3-4,13-20,23H2,1-2H3,(H2,34,36)(H,35,40). The topological polar surface area (TPSA) is 104 Å². The van der Waals surface area contributed by atoms with Gasteiger partial charge in [0, 0.05) is 55.1 Å². The first kappa shape index (κ1) is 29.5. The van der Waals surface area contributed by atoms with E-state index in [1.54, 1.807) is 18.3 Å². The van der Waals surface area contributed by atoms with Crippen LogP contribution in [0.1, 0.15) is 52.0 Å². The van der Waals surface area contributed by atoms with Gasteiger partial charge in [-0.2, -0.15) is 0 Å². The van der Waals surface area contributed by atoms with Crippen LogP contribution in [-0.4, -0.2) is 90.9 Å². The van der Waals surface area contributed by atoms with Crippen molar-refractivity contribution in [3.63, 3.8) is 0 Å².